The van der Waals surface area contributed by atoms with E-state index in [0.29, 0.717) is 6.61 Å². The number of hydrogen-bond donors (Lipinski definition) is 3. The molecule has 6 nitrogen and oxygen atoms in total. The van der Waals surface area contributed by atoms with E-state index in [0.717, 1.165) is 13.3 Å². The molecule has 0 bridgehead atoms. The average molecular weight is 224 g/mol. The van der Waals surface area contributed by atoms with E-state index in [-0.39, 0.29) is 19.8 Å². The summed E-state index contributed by atoms with van der Waals surface area (Å²) in [6.45, 7) is 3.92. The summed E-state index contributed by atoms with van der Waals surface area (Å²) in [6, 6.07) is 0. The van der Waals surface area contributed by atoms with Gasteiger partial charge in [0.15, 0.2) is 6.29 Å². The van der Waals surface area contributed by atoms with Crippen LogP contribution in [0.2, 0.25) is 0 Å². The molecule has 0 aliphatic rings. The van der Waals surface area contributed by atoms with Crippen LogP contribution in [0.25, 0.3) is 0 Å². The molecular weight excluding hydrogens is 204 g/mol. The maximum Gasteiger partial charge on any atom is 0.300 e. The fourth-order valence-electron chi connectivity index (χ4n) is 0.551. The molecule has 3 N–H and O–H groups in total. The Balaban J connectivity index is 0. The Hall–Kier alpha value is -0.690. The normalized spacial score (nSPS) is 11.5. The number of rotatable bonds is 7. The van der Waals surface area contributed by atoms with Gasteiger partial charge in [0.1, 0.15) is 0 Å². The highest BCUT2D eigenvalue weighted by Crippen LogP contribution is 1.89. The standard InChI is InChI=1S/C7H16O4.C2H4O2/c1-2-4-11-7(9)6-10-5-3-8;1-2(3)4/h7-9H,2-6H2,1H3;1H3,(H,3,4). The number of carbonyl (C=O) groups is 1. The largest absolute Gasteiger partial charge is 0.481 e. The summed E-state index contributed by atoms with van der Waals surface area (Å²) in [6.07, 6.45) is 0.0124. The second-order valence-corrected chi connectivity index (χ2v) is 2.64. The monoisotopic (exact) mass is 224 g/mol. The van der Waals surface area contributed by atoms with Crippen molar-refractivity contribution in [3.05, 3.63) is 0 Å². The molecule has 15 heavy (non-hydrogen) atoms. The molecule has 1 atom stereocenters. The number of hydrogen-bond acceptors (Lipinski definition) is 5. The fourth-order valence-corrected chi connectivity index (χ4v) is 0.551. The minimum absolute atomic E-state index is 0.0273. The maximum absolute atomic E-state index is 9.00. The molecule has 0 aromatic rings. The average Bonchev–Trinajstić information content (AvgIpc) is 2.14. The summed E-state index contributed by atoms with van der Waals surface area (Å²) >= 11 is 0. The van der Waals surface area contributed by atoms with Crippen LogP contribution in [-0.4, -0.2) is 54.0 Å². The van der Waals surface area contributed by atoms with Gasteiger partial charge >= 0.3 is 0 Å². The van der Waals surface area contributed by atoms with Crippen LogP contribution in [0.1, 0.15) is 20.3 Å². The van der Waals surface area contributed by atoms with Gasteiger partial charge in [-0.2, -0.15) is 0 Å². The van der Waals surface area contributed by atoms with Gasteiger partial charge in [-0.05, 0) is 6.42 Å². The SMILES string of the molecule is CC(=O)O.CCCOC(O)COCCO. The molecule has 0 aliphatic carbocycles. The van der Waals surface area contributed by atoms with Gasteiger partial charge in [0.25, 0.3) is 5.97 Å². The molecule has 6 heteroatoms. The first-order valence-corrected chi connectivity index (χ1v) is 4.72. The van der Waals surface area contributed by atoms with Crippen molar-refractivity contribution in [1.82, 2.24) is 0 Å². The summed E-state index contributed by atoms with van der Waals surface area (Å²) in [4.78, 5) is 9.00. The van der Waals surface area contributed by atoms with E-state index < -0.39 is 12.3 Å². The van der Waals surface area contributed by atoms with Gasteiger partial charge in [-0.1, -0.05) is 6.92 Å². The number of aliphatic hydroxyl groups excluding tert-OH is 2. The van der Waals surface area contributed by atoms with Crippen molar-refractivity contribution in [3.8, 4) is 0 Å². The van der Waals surface area contributed by atoms with Gasteiger partial charge in [-0.3, -0.25) is 4.79 Å². The van der Waals surface area contributed by atoms with Gasteiger partial charge in [0.2, 0.25) is 0 Å². The topological polar surface area (TPSA) is 96.2 Å². The van der Waals surface area contributed by atoms with Crippen LogP contribution in [0.5, 0.6) is 0 Å². The van der Waals surface area contributed by atoms with Crippen molar-refractivity contribution in [2.75, 3.05) is 26.4 Å². The first-order chi connectivity index (χ1) is 7.04. The van der Waals surface area contributed by atoms with Gasteiger partial charge in [-0.25, -0.2) is 0 Å². The molecule has 0 spiro atoms. The molecule has 0 rings (SSSR count). The highest BCUT2D eigenvalue weighted by molar-refractivity contribution is 5.62. The number of carboxylic acid groups (broad SMARTS) is 1. The zero-order valence-electron chi connectivity index (χ0n) is 9.18. The predicted octanol–water partition coefficient (Wildman–Crippen LogP) is -0.169. The van der Waals surface area contributed by atoms with Gasteiger partial charge in [0.05, 0.1) is 19.8 Å². The van der Waals surface area contributed by atoms with Gasteiger partial charge in [0, 0.05) is 13.5 Å². The molecule has 0 amide bonds. The summed E-state index contributed by atoms with van der Waals surface area (Å²) < 4.78 is 9.70. The molecule has 1 unspecified atom stereocenters. The summed E-state index contributed by atoms with van der Waals surface area (Å²) in [7, 11) is 0. The first kappa shape index (κ1) is 16.7. The smallest absolute Gasteiger partial charge is 0.300 e. The molecule has 0 radical (unpaired) electrons. The van der Waals surface area contributed by atoms with E-state index in [4.69, 9.17) is 29.6 Å². The molecule has 0 aromatic heterocycles. The number of carboxylic acids is 1. The maximum atomic E-state index is 9.00. The molecular formula is C9H20O6. The third kappa shape index (κ3) is 24.7. The lowest BCUT2D eigenvalue weighted by molar-refractivity contribution is -0.139. The Bertz CT molecular complexity index is 135. The van der Waals surface area contributed by atoms with E-state index >= 15 is 0 Å². The zero-order valence-corrected chi connectivity index (χ0v) is 9.18. The number of aliphatic carboxylic acids is 1. The van der Waals surface area contributed by atoms with Crippen LogP contribution >= 0.6 is 0 Å². The van der Waals surface area contributed by atoms with Crippen LogP contribution in [0.3, 0.4) is 0 Å². The second kappa shape index (κ2) is 13.3. The number of ether oxygens (including phenoxy) is 2. The van der Waals surface area contributed by atoms with E-state index in [9.17, 15) is 0 Å². The molecule has 0 fully saturated rings. The van der Waals surface area contributed by atoms with Gasteiger partial charge < -0.3 is 24.8 Å². The van der Waals surface area contributed by atoms with Crippen molar-refractivity contribution >= 4 is 5.97 Å². The van der Waals surface area contributed by atoms with Crippen molar-refractivity contribution in [2.24, 2.45) is 0 Å². The summed E-state index contributed by atoms with van der Waals surface area (Å²) in [5.74, 6) is -0.833. The third-order valence-corrected chi connectivity index (χ3v) is 1.01. The Labute approximate surface area is 89.4 Å². The van der Waals surface area contributed by atoms with E-state index in [1.165, 1.54) is 0 Å². The zero-order chi connectivity index (χ0) is 12.1. The van der Waals surface area contributed by atoms with Gasteiger partial charge in [-0.15, -0.1) is 0 Å². The molecule has 0 saturated carbocycles. The lowest BCUT2D eigenvalue weighted by Gasteiger charge is -2.10. The predicted molar refractivity (Wildman–Crippen MR) is 53.5 cm³/mol. The Kier molecular flexibility index (Phi) is 14.8. The summed E-state index contributed by atoms with van der Waals surface area (Å²) in [5.41, 5.74) is 0. The minimum Gasteiger partial charge on any atom is -0.481 e. The first-order valence-electron chi connectivity index (χ1n) is 4.72. The molecule has 0 heterocycles. The molecule has 0 aliphatic heterocycles. The third-order valence-electron chi connectivity index (χ3n) is 1.01. The van der Waals surface area contributed by atoms with E-state index in [1.807, 2.05) is 6.92 Å². The van der Waals surface area contributed by atoms with E-state index in [1.54, 1.807) is 0 Å². The molecule has 0 saturated heterocycles. The minimum atomic E-state index is -0.860. The highest BCUT2D eigenvalue weighted by Gasteiger charge is 2.01. The van der Waals surface area contributed by atoms with E-state index in [2.05, 4.69) is 0 Å². The Morgan fingerprint density at radius 1 is 1.40 bits per heavy atom. The lowest BCUT2D eigenvalue weighted by Crippen LogP contribution is -2.20. The van der Waals surface area contributed by atoms with Crippen LogP contribution in [-0.2, 0) is 14.3 Å². The highest BCUT2D eigenvalue weighted by atomic mass is 16.6. The Morgan fingerprint density at radius 2 is 1.93 bits per heavy atom. The van der Waals surface area contributed by atoms with Crippen LogP contribution in [0, 0.1) is 0 Å². The molecule has 92 valence electrons. The van der Waals surface area contributed by atoms with Crippen molar-refractivity contribution < 1.29 is 29.6 Å². The van der Waals surface area contributed by atoms with Crippen molar-refractivity contribution in [3.63, 3.8) is 0 Å². The van der Waals surface area contributed by atoms with Crippen molar-refractivity contribution in [1.29, 1.82) is 0 Å². The fraction of sp³-hybridized carbons (Fsp3) is 0.889. The van der Waals surface area contributed by atoms with Crippen LogP contribution in [0.4, 0.5) is 0 Å². The quantitative estimate of drug-likeness (QED) is 0.410. The second-order valence-electron chi connectivity index (χ2n) is 2.64. The summed E-state index contributed by atoms with van der Waals surface area (Å²) in [5, 5.41) is 24.7. The molecule has 0 aromatic carbocycles. The van der Waals surface area contributed by atoms with Crippen LogP contribution in [0.15, 0.2) is 0 Å². The van der Waals surface area contributed by atoms with Crippen LogP contribution < -0.4 is 0 Å². The van der Waals surface area contributed by atoms with Crippen molar-refractivity contribution in [2.45, 2.75) is 26.6 Å². The Morgan fingerprint density at radius 3 is 2.33 bits per heavy atom. The number of aliphatic hydroxyl groups is 2. The lowest BCUT2D eigenvalue weighted by atomic mass is 10.5.